The maximum Gasteiger partial charge on any atom is 0.130 e. The van der Waals surface area contributed by atoms with Gasteiger partial charge in [-0.1, -0.05) is 79.0 Å². The summed E-state index contributed by atoms with van der Waals surface area (Å²) in [6.07, 6.45) is 8.03. The molecule has 0 amide bonds. The number of nitrogens with one attached hydrogen (secondary N) is 1. The van der Waals surface area contributed by atoms with Gasteiger partial charge in [-0.15, -0.1) is 0 Å². The molecule has 0 aliphatic carbocycles. The zero-order valence-corrected chi connectivity index (χ0v) is 19.3. The van der Waals surface area contributed by atoms with E-state index in [2.05, 4.69) is 53.3 Å². The Bertz CT molecular complexity index is 1200. The molecule has 0 radical (unpaired) electrons. The van der Waals surface area contributed by atoms with Crippen molar-refractivity contribution in [3.8, 4) is 28.1 Å². The van der Waals surface area contributed by atoms with Gasteiger partial charge in [0.15, 0.2) is 0 Å². The molecule has 0 saturated carbocycles. The number of unbranched alkanes of at least 4 members (excludes halogenated alkanes) is 1. The molecule has 1 N–H and O–H groups in total. The number of ether oxygens (including phenoxy) is 1. The number of aromatic nitrogens is 2. The van der Waals surface area contributed by atoms with Crippen molar-refractivity contribution in [2.45, 2.75) is 19.8 Å². The molecule has 0 aliphatic rings. The number of benzene rings is 3. The lowest BCUT2D eigenvalue weighted by atomic mass is 10.0. The highest BCUT2D eigenvalue weighted by atomic mass is 35.5. The minimum absolute atomic E-state index is 0.579. The minimum atomic E-state index is 0.579. The summed E-state index contributed by atoms with van der Waals surface area (Å²) < 4.78 is 5.74. The summed E-state index contributed by atoms with van der Waals surface area (Å²) in [6.45, 7) is 2.93. The smallest absolute Gasteiger partial charge is 0.130 e. The van der Waals surface area contributed by atoms with Crippen molar-refractivity contribution in [2.75, 3.05) is 6.61 Å². The van der Waals surface area contributed by atoms with E-state index in [-0.39, 0.29) is 0 Å². The van der Waals surface area contributed by atoms with Crippen LogP contribution in [0, 0.1) is 0 Å². The Kier molecular flexibility index (Phi) is 7.31. The van der Waals surface area contributed by atoms with Crippen molar-refractivity contribution >= 4 is 35.4 Å². The first-order chi connectivity index (χ1) is 15.6. The SMILES string of the molecule is CCCCOc1ccc(-c2ccc(C=Cc3nc(-c4ccc(Cl)cc4Cl)c[nH]3)cc2)cc1. The maximum atomic E-state index is 6.29. The Morgan fingerprint density at radius 2 is 1.62 bits per heavy atom. The molecular weight excluding hydrogens is 439 g/mol. The third kappa shape index (κ3) is 5.61. The van der Waals surface area contributed by atoms with Gasteiger partial charge < -0.3 is 9.72 Å². The van der Waals surface area contributed by atoms with Crippen LogP contribution in [0.5, 0.6) is 5.75 Å². The van der Waals surface area contributed by atoms with Crippen LogP contribution in [0.25, 0.3) is 34.5 Å². The summed E-state index contributed by atoms with van der Waals surface area (Å²) >= 11 is 12.3. The molecule has 3 nitrogen and oxygen atoms in total. The van der Waals surface area contributed by atoms with E-state index in [9.17, 15) is 0 Å². The van der Waals surface area contributed by atoms with E-state index in [1.165, 1.54) is 11.1 Å². The highest BCUT2D eigenvalue weighted by molar-refractivity contribution is 6.36. The molecule has 32 heavy (non-hydrogen) atoms. The van der Waals surface area contributed by atoms with E-state index >= 15 is 0 Å². The van der Waals surface area contributed by atoms with Crippen LogP contribution >= 0.6 is 23.2 Å². The van der Waals surface area contributed by atoms with Crippen LogP contribution in [-0.2, 0) is 0 Å². The van der Waals surface area contributed by atoms with Gasteiger partial charge in [0.25, 0.3) is 0 Å². The van der Waals surface area contributed by atoms with Gasteiger partial charge in [0, 0.05) is 16.8 Å². The number of H-pyrrole nitrogens is 1. The van der Waals surface area contributed by atoms with Crippen LogP contribution in [0.1, 0.15) is 31.2 Å². The van der Waals surface area contributed by atoms with E-state index in [0.717, 1.165) is 47.8 Å². The van der Waals surface area contributed by atoms with Gasteiger partial charge in [-0.05, 0) is 59.5 Å². The topological polar surface area (TPSA) is 37.9 Å². The Morgan fingerprint density at radius 3 is 2.31 bits per heavy atom. The van der Waals surface area contributed by atoms with Crippen molar-refractivity contribution in [3.63, 3.8) is 0 Å². The monoisotopic (exact) mass is 462 g/mol. The lowest BCUT2D eigenvalue weighted by Crippen LogP contribution is -1.95. The van der Waals surface area contributed by atoms with Gasteiger partial charge in [0.2, 0.25) is 0 Å². The van der Waals surface area contributed by atoms with Crippen LogP contribution < -0.4 is 4.74 Å². The minimum Gasteiger partial charge on any atom is -0.494 e. The first-order valence-corrected chi connectivity index (χ1v) is 11.4. The Labute approximate surface area is 198 Å². The highest BCUT2D eigenvalue weighted by Crippen LogP contribution is 2.29. The normalized spacial score (nSPS) is 11.2. The van der Waals surface area contributed by atoms with Crippen LogP contribution in [0.3, 0.4) is 0 Å². The highest BCUT2D eigenvalue weighted by Gasteiger charge is 2.07. The summed E-state index contributed by atoms with van der Waals surface area (Å²) in [5.41, 5.74) is 5.05. The summed E-state index contributed by atoms with van der Waals surface area (Å²) in [5.74, 6) is 1.67. The molecule has 0 unspecified atom stereocenters. The molecule has 4 rings (SSSR count). The van der Waals surface area contributed by atoms with Gasteiger partial charge in [0.1, 0.15) is 11.6 Å². The number of hydrogen-bond acceptors (Lipinski definition) is 2. The number of hydrogen-bond donors (Lipinski definition) is 1. The molecule has 1 heterocycles. The molecule has 1 aromatic heterocycles. The molecule has 0 atom stereocenters. The first kappa shape index (κ1) is 22.2. The maximum absolute atomic E-state index is 6.29. The molecular formula is C27H24Cl2N2O. The van der Waals surface area contributed by atoms with Crippen molar-refractivity contribution in [1.82, 2.24) is 9.97 Å². The number of rotatable bonds is 8. The molecule has 162 valence electrons. The fourth-order valence-electron chi connectivity index (χ4n) is 3.30. The quantitative estimate of drug-likeness (QED) is 0.267. The van der Waals surface area contributed by atoms with Crippen molar-refractivity contribution in [3.05, 3.63) is 94.4 Å². The average molecular weight is 463 g/mol. The lowest BCUT2D eigenvalue weighted by Gasteiger charge is -2.07. The Morgan fingerprint density at radius 1 is 0.906 bits per heavy atom. The largest absolute Gasteiger partial charge is 0.494 e. The van der Waals surface area contributed by atoms with E-state index in [4.69, 9.17) is 27.9 Å². The number of imidazole rings is 1. The van der Waals surface area contributed by atoms with E-state index in [1.807, 2.05) is 42.6 Å². The molecule has 0 fully saturated rings. The third-order valence-corrected chi connectivity index (χ3v) is 5.65. The standard InChI is InChI=1S/C27H24Cl2N2O/c1-2-3-16-32-23-12-9-21(10-13-23)20-7-4-19(5-8-20)6-15-27-30-18-26(31-27)24-14-11-22(28)17-25(24)29/h4-15,17-18H,2-3,16H2,1H3,(H,30,31). The summed E-state index contributed by atoms with van der Waals surface area (Å²) in [5, 5.41) is 1.18. The van der Waals surface area contributed by atoms with Crippen LogP contribution in [-0.4, -0.2) is 16.6 Å². The van der Waals surface area contributed by atoms with Gasteiger partial charge in [-0.3, -0.25) is 0 Å². The van der Waals surface area contributed by atoms with Gasteiger partial charge in [0.05, 0.1) is 17.3 Å². The lowest BCUT2D eigenvalue weighted by molar-refractivity contribution is 0.309. The number of aromatic amines is 1. The predicted octanol–water partition coefficient (Wildman–Crippen LogP) is 8.40. The zero-order chi connectivity index (χ0) is 22.3. The van der Waals surface area contributed by atoms with Crippen LogP contribution in [0.15, 0.2) is 72.9 Å². The van der Waals surface area contributed by atoms with Gasteiger partial charge in [-0.2, -0.15) is 0 Å². The van der Waals surface area contributed by atoms with Gasteiger partial charge >= 0.3 is 0 Å². The Balaban J connectivity index is 1.41. The summed E-state index contributed by atoms with van der Waals surface area (Å²) in [7, 11) is 0. The summed E-state index contributed by atoms with van der Waals surface area (Å²) in [6, 6.07) is 22.1. The predicted molar refractivity (Wildman–Crippen MR) is 135 cm³/mol. The number of nitrogens with zero attached hydrogens (tertiary/aromatic N) is 1. The molecule has 5 heteroatoms. The molecule has 0 bridgehead atoms. The van der Waals surface area contributed by atoms with Gasteiger partial charge in [-0.25, -0.2) is 4.98 Å². The molecule has 4 aromatic rings. The van der Waals surface area contributed by atoms with Crippen molar-refractivity contribution in [1.29, 1.82) is 0 Å². The molecule has 3 aromatic carbocycles. The second kappa shape index (κ2) is 10.5. The van der Waals surface area contributed by atoms with E-state index in [0.29, 0.717) is 10.0 Å². The average Bonchev–Trinajstić information content (AvgIpc) is 3.27. The molecule has 0 saturated heterocycles. The number of halogens is 2. The Hall–Kier alpha value is -3.01. The van der Waals surface area contributed by atoms with Crippen LogP contribution in [0.4, 0.5) is 0 Å². The van der Waals surface area contributed by atoms with E-state index < -0.39 is 0 Å². The van der Waals surface area contributed by atoms with Crippen molar-refractivity contribution < 1.29 is 4.74 Å². The zero-order valence-electron chi connectivity index (χ0n) is 17.8. The van der Waals surface area contributed by atoms with Crippen molar-refractivity contribution in [2.24, 2.45) is 0 Å². The third-order valence-electron chi connectivity index (χ3n) is 5.10. The molecule has 0 aliphatic heterocycles. The second-order valence-electron chi connectivity index (χ2n) is 7.48. The second-order valence-corrected chi connectivity index (χ2v) is 8.32. The first-order valence-electron chi connectivity index (χ1n) is 10.6. The van der Waals surface area contributed by atoms with E-state index in [1.54, 1.807) is 6.07 Å². The van der Waals surface area contributed by atoms with Crippen LogP contribution in [0.2, 0.25) is 10.0 Å². The fourth-order valence-corrected chi connectivity index (χ4v) is 3.80. The summed E-state index contributed by atoms with van der Waals surface area (Å²) in [4.78, 5) is 7.78. The fraction of sp³-hybridized carbons (Fsp3) is 0.148. The molecule has 0 spiro atoms.